The standard InChI is InChI=1S/C65H86N12O16/c1-36(2)30-44(70-56(83)43(22-14-28-66)69-63(90)53(68)37(3)4)57(84)75-49(33-40-24-26-42(78)27-25-40)64(91)77-29-15-23-50(77)62(89)74-46(32-39-18-10-6-11-19-39)59(86)71-45(31-38-16-8-5-9-17-38)58(85)72-47(34-51(67)79)60(87)73-48(35-52(80)81)61(88)76-54(65(92)93)55(82)41-20-12-7-13-21-41/h5-13,16-21,24-27,36-37,43-50,53-55,78,82H,14-15,22-23,28-35,66,68H2,1-4H3,(H2,67,79)(H,69,90)(H,70,83)(H,71,86)(H,72,85)(H,73,87)(H,74,89)(H,75,84)(H,76,88)(H,80,81)(H,92,93)/t43-,44-,45-,46-,47-,48-,49-,50-,53-,54-,55?/m0/s1. The monoisotopic (exact) mass is 1290 g/mol. The van der Waals surface area contributed by atoms with Gasteiger partial charge in [0.25, 0.3) is 0 Å². The Bertz CT molecular complexity index is 3220. The average molecular weight is 1290 g/mol. The van der Waals surface area contributed by atoms with Crippen molar-refractivity contribution in [3.8, 4) is 5.75 Å². The molecule has 0 spiro atoms. The highest BCUT2D eigenvalue weighted by Gasteiger charge is 2.42. The topological polar surface area (TPSA) is 463 Å². The Balaban J connectivity index is 1.42. The van der Waals surface area contributed by atoms with Gasteiger partial charge < -0.3 is 85.1 Å². The lowest BCUT2D eigenvalue weighted by molar-refractivity contribution is -0.146. The first-order valence-electron chi connectivity index (χ1n) is 30.7. The van der Waals surface area contributed by atoms with Crippen molar-refractivity contribution >= 4 is 71.0 Å². The van der Waals surface area contributed by atoms with Crippen molar-refractivity contribution in [1.82, 2.24) is 47.4 Å². The number of amides is 10. The maximum Gasteiger partial charge on any atom is 0.329 e. The predicted molar refractivity (Wildman–Crippen MR) is 338 cm³/mol. The van der Waals surface area contributed by atoms with Crippen molar-refractivity contribution in [2.45, 2.75) is 158 Å². The van der Waals surface area contributed by atoms with E-state index in [1.807, 2.05) is 19.2 Å². The number of aliphatic hydroxyl groups is 1. The summed E-state index contributed by atoms with van der Waals surface area (Å²) in [5.41, 5.74) is 19.0. The fourth-order valence-corrected chi connectivity index (χ4v) is 10.3. The number of phenols is 1. The number of carbonyl (C=O) groups excluding carboxylic acids is 10. The van der Waals surface area contributed by atoms with Crippen LogP contribution in [-0.2, 0) is 76.8 Å². The number of nitrogens with zero attached hydrogens (tertiary/aromatic N) is 1. The summed E-state index contributed by atoms with van der Waals surface area (Å²) in [7, 11) is 0. The molecule has 0 saturated carbocycles. The van der Waals surface area contributed by atoms with Gasteiger partial charge in [-0.25, -0.2) is 4.79 Å². The van der Waals surface area contributed by atoms with Gasteiger partial charge in [-0.3, -0.25) is 52.7 Å². The van der Waals surface area contributed by atoms with Gasteiger partial charge in [0.15, 0.2) is 6.04 Å². The third kappa shape index (κ3) is 23.4. The van der Waals surface area contributed by atoms with E-state index in [1.54, 1.807) is 92.7 Å². The minimum atomic E-state index is -2.06. The van der Waals surface area contributed by atoms with Gasteiger partial charge in [0, 0.05) is 25.8 Å². The first kappa shape index (κ1) is 73.9. The average Bonchev–Trinajstić information content (AvgIpc) is 1.86. The second kappa shape index (κ2) is 36.3. The number of primary amides is 1. The first-order chi connectivity index (χ1) is 44.1. The summed E-state index contributed by atoms with van der Waals surface area (Å²) >= 11 is 0. The van der Waals surface area contributed by atoms with E-state index in [2.05, 4.69) is 37.2 Å². The van der Waals surface area contributed by atoms with Crippen molar-refractivity contribution in [1.29, 1.82) is 0 Å². The van der Waals surface area contributed by atoms with Gasteiger partial charge >= 0.3 is 11.9 Å². The Labute approximate surface area is 538 Å². The van der Waals surface area contributed by atoms with Crippen molar-refractivity contribution in [3.05, 3.63) is 138 Å². The molecule has 93 heavy (non-hydrogen) atoms. The van der Waals surface area contributed by atoms with Crippen LogP contribution in [-0.4, -0.2) is 170 Å². The van der Waals surface area contributed by atoms with Crippen LogP contribution in [0.2, 0.25) is 0 Å². The number of hydrogen-bond donors (Lipinski definition) is 15. The smallest absolute Gasteiger partial charge is 0.329 e. The molecule has 28 heteroatoms. The molecule has 4 aromatic rings. The minimum Gasteiger partial charge on any atom is -0.508 e. The van der Waals surface area contributed by atoms with Crippen molar-refractivity contribution in [2.24, 2.45) is 29.0 Å². The number of carbonyl (C=O) groups is 12. The zero-order chi connectivity index (χ0) is 68.5. The second-order valence-corrected chi connectivity index (χ2v) is 23.6. The number of carboxylic acid groups (broad SMARTS) is 2. The predicted octanol–water partition coefficient (Wildman–Crippen LogP) is -0.774. The molecule has 0 radical (unpaired) electrons. The molecule has 0 aliphatic carbocycles. The lowest BCUT2D eigenvalue weighted by Crippen LogP contribution is -2.61. The molecule has 1 unspecified atom stereocenters. The molecule has 1 saturated heterocycles. The Morgan fingerprint density at radius 3 is 1.49 bits per heavy atom. The van der Waals surface area contributed by atoms with Crippen molar-refractivity contribution in [3.63, 3.8) is 0 Å². The maximum absolute atomic E-state index is 15.1. The van der Waals surface area contributed by atoms with Crippen LogP contribution in [0.5, 0.6) is 5.75 Å². The molecule has 4 aromatic carbocycles. The Morgan fingerprint density at radius 1 is 0.538 bits per heavy atom. The number of hydrogen-bond acceptors (Lipinski definition) is 16. The Hall–Kier alpha value is -9.80. The number of likely N-dealkylation sites (tertiary alicyclic amines) is 1. The molecule has 1 aliphatic heterocycles. The Kier molecular flexibility index (Phi) is 28.9. The van der Waals surface area contributed by atoms with Crippen LogP contribution >= 0.6 is 0 Å². The van der Waals surface area contributed by atoms with E-state index < -0.39 is 150 Å². The number of nitrogens with one attached hydrogen (secondary N) is 8. The van der Waals surface area contributed by atoms with E-state index in [4.69, 9.17) is 17.2 Å². The van der Waals surface area contributed by atoms with Crippen LogP contribution in [0.25, 0.3) is 0 Å². The number of rotatable bonds is 36. The molecule has 18 N–H and O–H groups in total. The number of benzene rings is 4. The highest BCUT2D eigenvalue weighted by molar-refractivity contribution is 6.00. The third-order valence-electron chi connectivity index (χ3n) is 15.4. The van der Waals surface area contributed by atoms with Crippen LogP contribution < -0.4 is 59.7 Å². The van der Waals surface area contributed by atoms with Crippen molar-refractivity contribution < 1.29 is 78.0 Å². The van der Waals surface area contributed by atoms with Crippen LogP contribution in [0.15, 0.2) is 115 Å². The van der Waals surface area contributed by atoms with Gasteiger partial charge in [0.05, 0.1) is 18.9 Å². The number of carboxylic acids is 2. The van der Waals surface area contributed by atoms with Gasteiger partial charge in [0.2, 0.25) is 59.1 Å². The molecule has 1 heterocycles. The summed E-state index contributed by atoms with van der Waals surface area (Å²) in [4.78, 5) is 167. The van der Waals surface area contributed by atoms with Crippen LogP contribution in [0.3, 0.4) is 0 Å². The van der Waals surface area contributed by atoms with E-state index in [-0.39, 0.29) is 74.8 Å². The molecule has 502 valence electrons. The number of phenolic OH excluding ortho intramolecular Hbond substituents is 1. The molecule has 5 rings (SSSR count). The molecule has 1 fully saturated rings. The molecule has 28 nitrogen and oxygen atoms in total. The van der Waals surface area contributed by atoms with Gasteiger partial charge in [-0.2, -0.15) is 0 Å². The molecular formula is C65H86N12O16. The lowest BCUT2D eigenvalue weighted by Gasteiger charge is -2.31. The zero-order valence-electron chi connectivity index (χ0n) is 52.3. The largest absolute Gasteiger partial charge is 0.508 e. The summed E-state index contributed by atoms with van der Waals surface area (Å²) in [6.45, 7) is 7.35. The van der Waals surface area contributed by atoms with E-state index >= 15 is 4.79 Å². The quantitative estimate of drug-likeness (QED) is 0.0266. The molecule has 10 amide bonds. The van der Waals surface area contributed by atoms with E-state index in [9.17, 15) is 73.2 Å². The van der Waals surface area contributed by atoms with E-state index in [0.29, 0.717) is 29.5 Å². The third-order valence-corrected chi connectivity index (χ3v) is 15.4. The van der Waals surface area contributed by atoms with Crippen molar-refractivity contribution in [2.75, 3.05) is 13.1 Å². The number of aliphatic carboxylic acids is 2. The van der Waals surface area contributed by atoms with E-state index in [1.165, 1.54) is 41.3 Å². The summed E-state index contributed by atoms with van der Waals surface area (Å²) < 4.78 is 0. The summed E-state index contributed by atoms with van der Waals surface area (Å²) in [6, 6.07) is 14.7. The molecule has 11 atom stereocenters. The second-order valence-electron chi connectivity index (χ2n) is 23.6. The van der Waals surface area contributed by atoms with Crippen LogP contribution in [0.4, 0.5) is 0 Å². The molecule has 0 bridgehead atoms. The summed E-state index contributed by atoms with van der Waals surface area (Å²) in [5, 5.41) is 60.9. The molecule has 0 aromatic heterocycles. The van der Waals surface area contributed by atoms with Gasteiger partial charge in [0.1, 0.15) is 60.2 Å². The SMILES string of the molecule is CC(C)C[C@H](NC(=O)[C@H](CCCN)NC(=O)[C@@H](N)C(C)C)C(=O)N[C@@H](Cc1ccc(O)cc1)C(=O)N1CCC[C@H]1C(=O)N[C@@H](Cc1ccccc1)C(=O)N[C@@H](Cc1ccccc1)C(=O)N[C@@H](CC(N)=O)C(=O)N[C@@H](CC(=O)O)C(=O)N[C@H](C(=O)O)C(O)c1ccccc1. The number of aromatic hydroxyl groups is 1. The first-order valence-corrected chi connectivity index (χ1v) is 30.7. The highest BCUT2D eigenvalue weighted by Crippen LogP contribution is 2.23. The van der Waals surface area contributed by atoms with Crippen LogP contribution in [0.1, 0.15) is 101 Å². The number of nitrogens with two attached hydrogens (primary N) is 3. The maximum atomic E-state index is 15.1. The van der Waals surface area contributed by atoms with E-state index in [0.717, 1.165) is 0 Å². The normalized spacial score (nSPS) is 16.1. The Morgan fingerprint density at radius 2 is 0.978 bits per heavy atom. The number of aliphatic hydroxyl groups excluding tert-OH is 1. The summed E-state index contributed by atoms with van der Waals surface area (Å²) in [6.07, 6.45) is -3.62. The van der Waals surface area contributed by atoms with Crippen LogP contribution in [0, 0.1) is 11.8 Å². The van der Waals surface area contributed by atoms with Gasteiger partial charge in [-0.1, -0.05) is 131 Å². The fourth-order valence-electron chi connectivity index (χ4n) is 10.3. The fraction of sp³-hybridized carbons (Fsp3) is 0.446. The molecule has 1 aliphatic rings. The zero-order valence-corrected chi connectivity index (χ0v) is 52.3. The highest BCUT2D eigenvalue weighted by atomic mass is 16.4. The minimum absolute atomic E-state index is 0.0168. The molecular weight excluding hydrogens is 1200 g/mol. The lowest BCUT2D eigenvalue weighted by atomic mass is 9.99. The summed E-state index contributed by atoms with van der Waals surface area (Å²) in [5.74, 6) is -13.3. The van der Waals surface area contributed by atoms with Gasteiger partial charge in [-0.05, 0) is 84.9 Å². The van der Waals surface area contributed by atoms with Gasteiger partial charge in [-0.15, -0.1) is 0 Å².